The van der Waals surface area contributed by atoms with Gasteiger partial charge in [-0.15, -0.1) is 0 Å². The summed E-state index contributed by atoms with van der Waals surface area (Å²) >= 11 is 0. The first kappa shape index (κ1) is 11.9. The summed E-state index contributed by atoms with van der Waals surface area (Å²) in [4.78, 5) is 11.7. The highest BCUT2D eigenvalue weighted by Crippen LogP contribution is 2.10. The number of carbonyl (C=O) groups is 1. The quantitative estimate of drug-likeness (QED) is 0.774. The molecule has 1 aromatic rings. The van der Waals surface area contributed by atoms with Gasteiger partial charge >= 0.3 is 0 Å². The summed E-state index contributed by atoms with van der Waals surface area (Å²) in [5, 5.41) is 0. The number of Topliss-reactive ketones (excluding diaryl/α,β-unsaturated/α-hetero) is 1. The Bertz CT molecular complexity index is 332. The third-order valence-electron chi connectivity index (χ3n) is 2.19. The van der Waals surface area contributed by atoms with E-state index < -0.39 is 6.04 Å². The van der Waals surface area contributed by atoms with Crippen molar-refractivity contribution in [2.45, 2.75) is 26.3 Å². The normalized spacial score (nSPS) is 12.9. The van der Waals surface area contributed by atoms with Gasteiger partial charge in [-0.2, -0.15) is 0 Å². The molecule has 1 rings (SSSR count). The molecule has 0 heterocycles. The van der Waals surface area contributed by atoms with Gasteiger partial charge in [0.05, 0.1) is 6.04 Å². The number of nitrogens with two attached hydrogens (primary N) is 1. The first-order valence-electron chi connectivity index (χ1n) is 5.06. The van der Waals surface area contributed by atoms with Crippen molar-refractivity contribution in [1.82, 2.24) is 0 Å². The minimum absolute atomic E-state index is 0.122. The number of ketones is 1. The fourth-order valence-corrected chi connectivity index (χ4v) is 1.44. The van der Waals surface area contributed by atoms with Crippen LogP contribution in [0.25, 0.3) is 0 Å². The van der Waals surface area contributed by atoms with Crippen molar-refractivity contribution in [1.29, 1.82) is 0 Å². The molecule has 1 aromatic carbocycles. The van der Waals surface area contributed by atoms with Crippen molar-refractivity contribution in [2.75, 3.05) is 0 Å². The molecule has 1 atom stereocenters. The summed E-state index contributed by atoms with van der Waals surface area (Å²) < 4.78 is 12.6. The number of hydrogen-bond acceptors (Lipinski definition) is 2. The molecule has 0 amide bonds. The monoisotopic (exact) mass is 209 g/mol. The smallest absolute Gasteiger partial charge is 0.179 e. The van der Waals surface area contributed by atoms with E-state index in [4.69, 9.17) is 5.73 Å². The molecule has 0 aliphatic rings. The van der Waals surface area contributed by atoms with Gasteiger partial charge in [-0.3, -0.25) is 4.79 Å². The third-order valence-corrected chi connectivity index (χ3v) is 2.19. The van der Waals surface area contributed by atoms with Crippen molar-refractivity contribution in [3.8, 4) is 0 Å². The van der Waals surface area contributed by atoms with E-state index in [1.165, 1.54) is 24.3 Å². The lowest BCUT2D eigenvalue weighted by molar-refractivity contribution is 0.0951. The highest BCUT2D eigenvalue weighted by Gasteiger charge is 2.16. The zero-order valence-electron chi connectivity index (χ0n) is 9.03. The minimum Gasteiger partial charge on any atom is -0.321 e. The highest BCUT2D eigenvalue weighted by molar-refractivity contribution is 5.99. The lowest BCUT2D eigenvalue weighted by atomic mass is 9.97. The first-order chi connectivity index (χ1) is 7.00. The number of benzene rings is 1. The van der Waals surface area contributed by atoms with Gasteiger partial charge in [0.25, 0.3) is 0 Å². The maximum atomic E-state index is 12.6. The van der Waals surface area contributed by atoms with Gasteiger partial charge in [-0.05, 0) is 36.6 Å². The van der Waals surface area contributed by atoms with Crippen molar-refractivity contribution in [2.24, 2.45) is 11.7 Å². The van der Waals surface area contributed by atoms with Crippen LogP contribution in [0.4, 0.5) is 4.39 Å². The summed E-state index contributed by atoms with van der Waals surface area (Å²) in [5.74, 6) is -0.0860. The lowest BCUT2D eigenvalue weighted by Gasteiger charge is -2.12. The average molecular weight is 209 g/mol. The Labute approximate surface area is 89.3 Å². The summed E-state index contributed by atoms with van der Waals surface area (Å²) in [5.41, 5.74) is 6.22. The van der Waals surface area contributed by atoms with Gasteiger partial charge in [0.2, 0.25) is 0 Å². The maximum Gasteiger partial charge on any atom is 0.179 e. The van der Waals surface area contributed by atoms with Crippen LogP contribution >= 0.6 is 0 Å². The molecular formula is C12H16FNO. The Hall–Kier alpha value is -1.22. The van der Waals surface area contributed by atoms with E-state index in [1.54, 1.807) is 0 Å². The zero-order valence-corrected chi connectivity index (χ0v) is 9.03. The topological polar surface area (TPSA) is 43.1 Å². The second-order valence-corrected chi connectivity index (χ2v) is 4.11. The Morgan fingerprint density at radius 2 is 1.87 bits per heavy atom. The van der Waals surface area contributed by atoms with Gasteiger partial charge < -0.3 is 5.73 Å². The Morgan fingerprint density at radius 1 is 1.33 bits per heavy atom. The van der Waals surface area contributed by atoms with Crippen LogP contribution in [0.2, 0.25) is 0 Å². The largest absolute Gasteiger partial charge is 0.321 e. The molecule has 15 heavy (non-hydrogen) atoms. The summed E-state index contributed by atoms with van der Waals surface area (Å²) in [6.45, 7) is 4.02. The molecule has 0 radical (unpaired) electrons. The molecule has 0 aliphatic carbocycles. The predicted molar refractivity (Wildman–Crippen MR) is 58.2 cm³/mol. The van der Waals surface area contributed by atoms with Crippen molar-refractivity contribution < 1.29 is 9.18 Å². The molecule has 0 saturated carbocycles. The van der Waals surface area contributed by atoms with E-state index in [1.807, 2.05) is 13.8 Å². The van der Waals surface area contributed by atoms with Gasteiger partial charge in [-0.25, -0.2) is 4.39 Å². The van der Waals surface area contributed by atoms with Crippen LogP contribution in [0, 0.1) is 11.7 Å². The fourth-order valence-electron chi connectivity index (χ4n) is 1.44. The van der Waals surface area contributed by atoms with E-state index >= 15 is 0 Å². The second-order valence-electron chi connectivity index (χ2n) is 4.11. The van der Waals surface area contributed by atoms with E-state index in [0.717, 1.165) is 0 Å². The summed E-state index contributed by atoms with van der Waals surface area (Å²) in [6, 6.07) is 5.00. The Morgan fingerprint density at radius 3 is 2.33 bits per heavy atom. The van der Waals surface area contributed by atoms with Gasteiger partial charge in [0.15, 0.2) is 5.78 Å². The predicted octanol–water partition coefficient (Wildman–Crippen LogP) is 2.38. The Kier molecular flexibility index (Phi) is 3.97. The van der Waals surface area contributed by atoms with Crippen LogP contribution in [0.3, 0.4) is 0 Å². The van der Waals surface area contributed by atoms with E-state index in [9.17, 15) is 9.18 Å². The number of hydrogen-bond donors (Lipinski definition) is 1. The fraction of sp³-hybridized carbons (Fsp3) is 0.417. The highest BCUT2D eigenvalue weighted by atomic mass is 19.1. The molecule has 0 aliphatic heterocycles. The van der Waals surface area contributed by atoms with Gasteiger partial charge in [0, 0.05) is 5.56 Å². The maximum absolute atomic E-state index is 12.6. The van der Waals surface area contributed by atoms with Crippen LogP contribution in [-0.4, -0.2) is 11.8 Å². The van der Waals surface area contributed by atoms with E-state index in [0.29, 0.717) is 17.9 Å². The van der Waals surface area contributed by atoms with Crippen LogP contribution < -0.4 is 5.73 Å². The van der Waals surface area contributed by atoms with E-state index in [-0.39, 0.29) is 11.6 Å². The Balaban J connectivity index is 2.72. The van der Waals surface area contributed by atoms with Crippen LogP contribution in [0.5, 0.6) is 0 Å². The molecule has 0 fully saturated rings. The van der Waals surface area contributed by atoms with Crippen molar-refractivity contribution in [3.63, 3.8) is 0 Å². The molecule has 82 valence electrons. The molecule has 3 heteroatoms. The van der Waals surface area contributed by atoms with Crippen molar-refractivity contribution in [3.05, 3.63) is 35.6 Å². The van der Waals surface area contributed by atoms with Crippen molar-refractivity contribution >= 4 is 5.78 Å². The molecule has 0 saturated heterocycles. The summed E-state index contributed by atoms with van der Waals surface area (Å²) in [6.07, 6.45) is 0.649. The summed E-state index contributed by atoms with van der Waals surface area (Å²) in [7, 11) is 0. The van der Waals surface area contributed by atoms with Crippen LogP contribution in [-0.2, 0) is 0 Å². The van der Waals surface area contributed by atoms with Crippen LogP contribution in [0.15, 0.2) is 24.3 Å². The number of carbonyl (C=O) groups excluding carboxylic acids is 1. The molecule has 2 N–H and O–H groups in total. The third kappa shape index (κ3) is 3.44. The van der Waals surface area contributed by atoms with Gasteiger partial charge in [-0.1, -0.05) is 13.8 Å². The number of rotatable bonds is 4. The zero-order chi connectivity index (χ0) is 11.4. The number of halogens is 1. The molecule has 0 spiro atoms. The minimum atomic E-state index is -0.490. The molecule has 1 unspecified atom stereocenters. The second kappa shape index (κ2) is 5.03. The standard InChI is InChI=1S/C12H16FNO/c1-8(2)7-11(14)12(15)9-3-5-10(13)6-4-9/h3-6,8,11H,7,14H2,1-2H3. The van der Waals surface area contributed by atoms with Crippen LogP contribution in [0.1, 0.15) is 30.6 Å². The van der Waals surface area contributed by atoms with E-state index in [2.05, 4.69) is 0 Å². The first-order valence-corrected chi connectivity index (χ1v) is 5.06. The molecule has 0 aromatic heterocycles. The molecular weight excluding hydrogens is 193 g/mol. The SMILES string of the molecule is CC(C)CC(N)C(=O)c1ccc(F)cc1. The molecule has 2 nitrogen and oxygen atoms in total. The average Bonchev–Trinajstić information content (AvgIpc) is 2.17. The molecule has 0 bridgehead atoms. The lowest BCUT2D eigenvalue weighted by Crippen LogP contribution is -2.31. The van der Waals surface area contributed by atoms with Gasteiger partial charge in [0.1, 0.15) is 5.82 Å².